The Bertz CT molecular complexity index is 1450. The first-order valence-electron chi connectivity index (χ1n) is 11.0. The van der Waals surface area contributed by atoms with Crippen molar-refractivity contribution in [2.45, 2.75) is 6.29 Å². The molecule has 2 heterocycles. The summed E-state index contributed by atoms with van der Waals surface area (Å²) >= 11 is 0. The predicted molar refractivity (Wildman–Crippen MR) is 133 cm³/mol. The van der Waals surface area contributed by atoms with Crippen LogP contribution in [0.3, 0.4) is 0 Å². The molecule has 0 bridgehead atoms. The van der Waals surface area contributed by atoms with E-state index in [4.69, 9.17) is 9.47 Å². The van der Waals surface area contributed by atoms with E-state index in [1.54, 1.807) is 18.3 Å². The average Bonchev–Trinajstić information content (AvgIpc) is 3.44. The molecule has 5 rings (SSSR count). The third-order valence-corrected chi connectivity index (χ3v) is 5.52. The number of anilines is 1. The number of H-pyrrole nitrogens is 1. The Labute approximate surface area is 201 Å². The molecule has 0 saturated carbocycles. The predicted octanol–water partition coefficient (Wildman–Crippen LogP) is 4.47. The minimum atomic E-state index is -0.530. The summed E-state index contributed by atoms with van der Waals surface area (Å²) in [6.45, 7) is 1.18. The van der Waals surface area contributed by atoms with E-state index in [0.717, 1.165) is 22.3 Å². The number of hydrogen-bond acceptors (Lipinski definition) is 7. The molecule has 172 valence electrons. The number of aromatic amines is 1. The highest BCUT2D eigenvalue weighted by Gasteiger charge is 2.21. The molecule has 0 aliphatic carbocycles. The lowest BCUT2D eigenvalue weighted by Crippen LogP contribution is -2.16. The Morgan fingerprint density at radius 1 is 0.971 bits per heavy atom. The van der Waals surface area contributed by atoms with Crippen LogP contribution < -0.4 is 11.0 Å². The second-order valence-electron chi connectivity index (χ2n) is 7.77. The quantitative estimate of drug-likeness (QED) is 0.322. The first kappa shape index (κ1) is 22.2. The summed E-state index contributed by atoms with van der Waals surface area (Å²) in [6.07, 6.45) is 1.28. The Balaban J connectivity index is 1.34. The Kier molecular flexibility index (Phi) is 6.44. The van der Waals surface area contributed by atoms with Gasteiger partial charge in [0.1, 0.15) is 11.6 Å². The molecule has 1 saturated heterocycles. The Hall–Kier alpha value is -4.58. The number of ether oxygens (including phenoxy) is 2. The van der Waals surface area contributed by atoms with Crippen molar-refractivity contribution in [3.63, 3.8) is 0 Å². The fourth-order valence-electron chi connectivity index (χ4n) is 3.85. The van der Waals surface area contributed by atoms with Crippen LogP contribution in [0.4, 0.5) is 5.95 Å². The second kappa shape index (κ2) is 10.1. The molecule has 0 amide bonds. The molecular formula is C27H21N5O3. The van der Waals surface area contributed by atoms with E-state index < -0.39 is 5.56 Å². The second-order valence-corrected chi connectivity index (χ2v) is 7.77. The van der Waals surface area contributed by atoms with Gasteiger partial charge in [-0.15, -0.1) is 0 Å². The van der Waals surface area contributed by atoms with Gasteiger partial charge in [0, 0.05) is 11.1 Å². The van der Waals surface area contributed by atoms with Gasteiger partial charge in [-0.3, -0.25) is 9.78 Å². The van der Waals surface area contributed by atoms with E-state index in [1.165, 1.54) is 0 Å². The molecule has 8 heteroatoms. The van der Waals surface area contributed by atoms with Crippen LogP contribution in [0.1, 0.15) is 23.0 Å². The number of hydrazone groups is 1. The van der Waals surface area contributed by atoms with Crippen LogP contribution >= 0.6 is 0 Å². The molecule has 1 aliphatic heterocycles. The average molecular weight is 463 g/mol. The minimum Gasteiger partial charge on any atom is -0.346 e. The van der Waals surface area contributed by atoms with Gasteiger partial charge in [-0.05, 0) is 16.7 Å². The summed E-state index contributed by atoms with van der Waals surface area (Å²) in [5, 5.41) is 13.6. The number of hydrogen-bond donors (Lipinski definition) is 2. The fraction of sp³-hybridized carbons (Fsp3) is 0.111. The summed E-state index contributed by atoms with van der Waals surface area (Å²) in [6, 6.07) is 26.9. The lowest BCUT2D eigenvalue weighted by molar-refractivity contribution is -0.0436. The molecular weight excluding hydrogens is 442 g/mol. The topological polar surface area (TPSA) is 112 Å². The van der Waals surface area contributed by atoms with Crippen LogP contribution in [0.25, 0.3) is 22.4 Å². The molecule has 35 heavy (non-hydrogen) atoms. The number of rotatable bonds is 6. The minimum absolute atomic E-state index is 0.0463. The first-order chi connectivity index (χ1) is 17.2. The standard InChI is InChI=1S/C27H21N5O3/c28-16-23-24(20-6-2-1-3-7-20)30-27(31-25(23)33)32-29-17-18-10-12-19(13-11-18)21-8-4-5-9-22(21)26-34-14-15-35-26/h1-13,17,26H,14-15H2,(H2,30,31,32,33). The van der Waals surface area contributed by atoms with Crippen molar-refractivity contribution in [1.29, 1.82) is 5.26 Å². The zero-order chi connectivity index (χ0) is 24.0. The molecule has 1 aliphatic rings. The normalized spacial score (nSPS) is 13.7. The highest BCUT2D eigenvalue weighted by Crippen LogP contribution is 2.32. The number of aromatic nitrogens is 2. The van der Waals surface area contributed by atoms with Crippen molar-refractivity contribution >= 4 is 12.2 Å². The third-order valence-electron chi connectivity index (χ3n) is 5.52. The van der Waals surface area contributed by atoms with Crippen molar-refractivity contribution in [3.05, 3.63) is 106 Å². The number of nitrogens with one attached hydrogen (secondary N) is 2. The maximum absolute atomic E-state index is 12.4. The van der Waals surface area contributed by atoms with Gasteiger partial charge < -0.3 is 9.47 Å². The SMILES string of the molecule is N#Cc1c(-c2ccccc2)nc(NN=Cc2ccc(-c3ccccc3C3OCCO3)cc2)[nH]c1=O. The maximum atomic E-state index is 12.4. The molecule has 3 aromatic carbocycles. The van der Waals surface area contributed by atoms with E-state index in [-0.39, 0.29) is 17.8 Å². The van der Waals surface area contributed by atoms with Gasteiger partial charge in [0.25, 0.3) is 5.56 Å². The molecule has 0 radical (unpaired) electrons. The van der Waals surface area contributed by atoms with Crippen molar-refractivity contribution in [3.8, 4) is 28.5 Å². The van der Waals surface area contributed by atoms with E-state index in [1.807, 2.05) is 72.8 Å². The summed E-state index contributed by atoms with van der Waals surface area (Å²) in [5.74, 6) is 0.145. The van der Waals surface area contributed by atoms with Crippen LogP contribution in [0.2, 0.25) is 0 Å². The van der Waals surface area contributed by atoms with Gasteiger partial charge in [0.2, 0.25) is 5.95 Å². The zero-order valence-electron chi connectivity index (χ0n) is 18.6. The van der Waals surface area contributed by atoms with Gasteiger partial charge in [0.05, 0.1) is 25.1 Å². The molecule has 4 aromatic rings. The fourth-order valence-corrected chi connectivity index (χ4v) is 3.85. The third kappa shape index (κ3) is 4.87. The summed E-state index contributed by atoms with van der Waals surface area (Å²) < 4.78 is 11.4. The lowest BCUT2D eigenvalue weighted by atomic mass is 9.98. The van der Waals surface area contributed by atoms with Crippen LogP contribution in [0.15, 0.2) is 88.8 Å². The van der Waals surface area contributed by atoms with Gasteiger partial charge in [-0.25, -0.2) is 10.4 Å². The zero-order valence-corrected chi connectivity index (χ0v) is 18.6. The van der Waals surface area contributed by atoms with Crippen molar-refractivity contribution in [1.82, 2.24) is 9.97 Å². The molecule has 8 nitrogen and oxygen atoms in total. The number of nitrogens with zero attached hydrogens (tertiary/aromatic N) is 3. The van der Waals surface area contributed by atoms with Gasteiger partial charge in [-0.1, -0.05) is 78.9 Å². The smallest absolute Gasteiger partial charge is 0.270 e. The van der Waals surface area contributed by atoms with E-state index in [0.29, 0.717) is 24.5 Å². The molecule has 0 spiro atoms. The maximum Gasteiger partial charge on any atom is 0.270 e. The largest absolute Gasteiger partial charge is 0.346 e. The van der Waals surface area contributed by atoms with Crippen molar-refractivity contribution in [2.75, 3.05) is 18.6 Å². The van der Waals surface area contributed by atoms with Crippen LogP contribution in [-0.4, -0.2) is 29.4 Å². The summed E-state index contributed by atoms with van der Waals surface area (Å²) in [7, 11) is 0. The summed E-state index contributed by atoms with van der Waals surface area (Å²) in [4.78, 5) is 19.3. The molecule has 2 N–H and O–H groups in total. The van der Waals surface area contributed by atoms with Gasteiger partial charge in [0.15, 0.2) is 6.29 Å². The van der Waals surface area contributed by atoms with Crippen molar-refractivity contribution in [2.24, 2.45) is 5.10 Å². The van der Waals surface area contributed by atoms with E-state index in [2.05, 4.69) is 20.5 Å². The van der Waals surface area contributed by atoms with Gasteiger partial charge in [-0.2, -0.15) is 10.4 Å². The molecule has 0 unspecified atom stereocenters. The Morgan fingerprint density at radius 2 is 1.69 bits per heavy atom. The molecule has 1 aromatic heterocycles. The van der Waals surface area contributed by atoms with Crippen LogP contribution in [0.5, 0.6) is 0 Å². The summed E-state index contributed by atoms with van der Waals surface area (Å²) in [5.41, 5.74) is 7.08. The highest BCUT2D eigenvalue weighted by atomic mass is 16.7. The Morgan fingerprint density at radius 3 is 2.43 bits per heavy atom. The first-order valence-corrected chi connectivity index (χ1v) is 11.0. The monoisotopic (exact) mass is 463 g/mol. The van der Waals surface area contributed by atoms with Crippen molar-refractivity contribution < 1.29 is 9.47 Å². The van der Waals surface area contributed by atoms with Gasteiger partial charge >= 0.3 is 0 Å². The lowest BCUT2D eigenvalue weighted by Gasteiger charge is -2.14. The highest BCUT2D eigenvalue weighted by molar-refractivity contribution is 5.82. The number of nitriles is 1. The van der Waals surface area contributed by atoms with E-state index in [9.17, 15) is 10.1 Å². The number of benzene rings is 3. The van der Waals surface area contributed by atoms with Crippen LogP contribution in [-0.2, 0) is 9.47 Å². The van der Waals surface area contributed by atoms with Crippen LogP contribution in [0, 0.1) is 11.3 Å². The van der Waals surface area contributed by atoms with E-state index >= 15 is 0 Å². The molecule has 0 atom stereocenters. The molecule has 1 fully saturated rings.